The molecule has 1 atom stereocenters. The summed E-state index contributed by atoms with van der Waals surface area (Å²) in [4.78, 5) is 14.8. The third-order valence-electron chi connectivity index (χ3n) is 6.76. The van der Waals surface area contributed by atoms with E-state index in [0.29, 0.717) is 23.7 Å². The zero-order chi connectivity index (χ0) is 21.2. The second kappa shape index (κ2) is 8.96. The Labute approximate surface area is 183 Å². The van der Waals surface area contributed by atoms with Gasteiger partial charge in [-0.15, -0.1) is 5.10 Å². The van der Waals surface area contributed by atoms with Crippen molar-refractivity contribution in [2.24, 2.45) is 5.92 Å². The van der Waals surface area contributed by atoms with Gasteiger partial charge in [-0.1, -0.05) is 17.3 Å². The molecule has 1 aliphatic carbocycles. The Morgan fingerprint density at radius 2 is 1.94 bits per heavy atom. The van der Waals surface area contributed by atoms with Crippen molar-refractivity contribution in [1.29, 1.82) is 0 Å². The number of rotatable bonds is 8. The average Bonchev–Trinajstić information content (AvgIpc) is 3.51. The number of nitrogens with one attached hydrogen (secondary N) is 2. The summed E-state index contributed by atoms with van der Waals surface area (Å²) in [6.07, 6.45) is 6.42. The van der Waals surface area contributed by atoms with Crippen LogP contribution in [0.25, 0.3) is 0 Å². The van der Waals surface area contributed by atoms with Gasteiger partial charge in [0.1, 0.15) is 5.75 Å². The third kappa shape index (κ3) is 4.91. The lowest BCUT2D eigenvalue weighted by molar-refractivity contribution is 0.0672. The molecule has 1 amide bonds. The molecule has 1 aromatic heterocycles. The van der Waals surface area contributed by atoms with Crippen LogP contribution in [0.2, 0.25) is 0 Å². The monoisotopic (exact) mass is 424 g/mol. The van der Waals surface area contributed by atoms with Gasteiger partial charge in [0, 0.05) is 19.1 Å². The molecule has 1 saturated carbocycles. The van der Waals surface area contributed by atoms with Crippen LogP contribution in [0, 0.1) is 5.92 Å². The maximum Gasteiger partial charge on any atom is 0.273 e. The van der Waals surface area contributed by atoms with Gasteiger partial charge in [0.05, 0.1) is 24.9 Å². The van der Waals surface area contributed by atoms with Crippen LogP contribution in [-0.2, 0) is 0 Å². The highest BCUT2D eigenvalue weighted by Gasteiger charge is 2.33. The van der Waals surface area contributed by atoms with Crippen molar-refractivity contribution in [3.8, 4) is 5.75 Å². The number of hydrogen-bond acceptors (Lipinski definition) is 6. The van der Waals surface area contributed by atoms with Gasteiger partial charge in [0.15, 0.2) is 5.69 Å². The molecular formula is C23H32N6O2. The quantitative estimate of drug-likeness (QED) is 0.676. The Bertz CT molecular complexity index is 882. The highest BCUT2D eigenvalue weighted by atomic mass is 16.5. The number of ether oxygens (including phenoxy) is 1. The van der Waals surface area contributed by atoms with E-state index in [1.54, 1.807) is 6.20 Å². The molecule has 166 valence electrons. The second-order valence-electron chi connectivity index (χ2n) is 9.19. The number of carbonyl (C=O) groups excluding carboxylic acids is 1. The van der Waals surface area contributed by atoms with Crippen molar-refractivity contribution in [1.82, 2.24) is 30.5 Å². The molecule has 0 spiro atoms. The van der Waals surface area contributed by atoms with Crippen LogP contribution in [0.4, 0.5) is 0 Å². The lowest BCUT2D eigenvalue weighted by atomic mass is 9.99. The normalized spacial score (nSPS) is 21.5. The van der Waals surface area contributed by atoms with E-state index >= 15 is 0 Å². The molecule has 2 N–H and O–H groups in total. The van der Waals surface area contributed by atoms with Crippen LogP contribution in [0.3, 0.4) is 0 Å². The fraction of sp³-hybridized carbons (Fsp3) is 0.609. The number of benzene rings is 1. The van der Waals surface area contributed by atoms with E-state index in [0.717, 1.165) is 51.4 Å². The van der Waals surface area contributed by atoms with E-state index < -0.39 is 0 Å². The number of nitrogens with zero attached hydrogens (tertiary/aromatic N) is 4. The van der Waals surface area contributed by atoms with Gasteiger partial charge in [-0.2, -0.15) is 0 Å². The molecule has 2 saturated heterocycles. The standard InChI is InChI=1S/C23H32N6O2/c1-16(18-2-6-21(7-3-18)31-15-17-8-10-24-11-9-17)28-12-19(13-28)25-23(30)22-14-29(27-26-22)20-4-5-20/h2-3,6-7,14,16-17,19-20,24H,4-5,8-13,15H2,1H3,(H,25,30). The predicted octanol–water partition coefficient (Wildman–Crippen LogP) is 2.17. The maximum absolute atomic E-state index is 12.4. The topological polar surface area (TPSA) is 84.3 Å². The first-order valence-electron chi connectivity index (χ1n) is 11.6. The van der Waals surface area contributed by atoms with E-state index in [1.807, 2.05) is 4.68 Å². The van der Waals surface area contributed by atoms with Gasteiger partial charge in [-0.3, -0.25) is 9.69 Å². The first kappa shape index (κ1) is 20.5. The Morgan fingerprint density at radius 3 is 2.65 bits per heavy atom. The number of piperidine rings is 1. The van der Waals surface area contributed by atoms with Gasteiger partial charge in [-0.05, 0) is 69.3 Å². The van der Waals surface area contributed by atoms with Crippen LogP contribution < -0.4 is 15.4 Å². The van der Waals surface area contributed by atoms with E-state index in [-0.39, 0.29) is 11.9 Å². The highest BCUT2D eigenvalue weighted by molar-refractivity contribution is 5.92. The molecule has 5 rings (SSSR count). The zero-order valence-corrected chi connectivity index (χ0v) is 18.2. The molecule has 0 radical (unpaired) electrons. The molecule has 3 heterocycles. The molecular weight excluding hydrogens is 392 g/mol. The summed E-state index contributed by atoms with van der Waals surface area (Å²) in [6, 6.07) is 9.38. The van der Waals surface area contributed by atoms with Gasteiger partial charge in [-0.25, -0.2) is 4.68 Å². The zero-order valence-electron chi connectivity index (χ0n) is 18.2. The van der Waals surface area contributed by atoms with Gasteiger partial charge in [0.2, 0.25) is 0 Å². The number of likely N-dealkylation sites (tertiary alicyclic amines) is 1. The Hall–Kier alpha value is -2.45. The minimum Gasteiger partial charge on any atom is -0.493 e. The lowest BCUT2D eigenvalue weighted by Crippen LogP contribution is -2.59. The van der Waals surface area contributed by atoms with Crippen molar-refractivity contribution in [2.45, 2.75) is 50.7 Å². The smallest absolute Gasteiger partial charge is 0.273 e. The summed E-state index contributed by atoms with van der Waals surface area (Å²) in [5, 5.41) is 14.5. The average molecular weight is 425 g/mol. The summed E-state index contributed by atoms with van der Waals surface area (Å²) in [6.45, 7) is 6.91. The minimum atomic E-state index is -0.126. The SMILES string of the molecule is CC(c1ccc(OCC2CCNCC2)cc1)N1CC(NC(=O)c2cn(C3CC3)nn2)C1. The largest absolute Gasteiger partial charge is 0.493 e. The molecule has 31 heavy (non-hydrogen) atoms. The predicted molar refractivity (Wildman–Crippen MR) is 117 cm³/mol. The van der Waals surface area contributed by atoms with Gasteiger partial charge < -0.3 is 15.4 Å². The fourth-order valence-corrected chi connectivity index (χ4v) is 4.39. The first-order chi connectivity index (χ1) is 15.2. The van der Waals surface area contributed by atoms with E-state index in [2.05, 4.69) is 57.0 Å². The Balaban J connectivity index is 1.06. The maximum atomic E-state index is 12.4. The summed E-state index contributed by atoms with van der Waals surface area (Å²) in [7, 11) is 0. The van der Waals surface area contributed by atoms with Crippen molar-refractivity contribution >= 4 is 5.91 Å². The molecule has 1 aromatic carbocycles. The van der Waals surface area contributed by atoms with Crippen molar-refractivity contribution in [2.75, 3.05) is 32.8 Å². The number of aromatic nitrogens is 3. The van der Waals surface area contributed by atoms with E-state index in [1.165, 1.54) is 18.4 Å². The Kier molecular flexibility index (Phi) is 5.91. The summed E-state index contributed by atoms with van der Waals surface area (Å²) < 4.78 is 7.81. The summed E-state index contributed by atoms with van der Waals surface area (Å²) in [5.74, 6) is 1.48. The molecule has 3 aliphatic rings. The number of hydrogen-bond donors (Lipinski definition) is 2. The van der Waals surface area contributed by atoms with E-state index in [9.17, 15) is 4.79 Å². The van der Waals surface area contributed by atoms with Gasteiger partial charge in [0.25, 0.3) is 5.91 Å². The van der Waals surface area contributed by atoms with Crippen molar-refractivity contribution < 1.29 is 9.53 Å². The fourth-order valence-electron chi connectivity index (χ4n) is 4.39. The lowest BCUT2D eigenvalue weighted by Gasteiger charge is -2.43. The molecule has 8 nitrogen and oxygen atoms in total. The summed E-state index contributed by atoms with van der Waals surface area (Å²) >= 11 is 0. The third-order valence-corrected chi connectivity index (χ3v) is 6.76. The highest BCUT2D eigenvalue weighted by Crippen LogP contribution is 2.33. The van der Waals surface area contributed by atoms with Crippen LogP contribution in [-0.4, -0.2) is 64.6 Å². The number of amides is 1. The minimum absolute atomic E-state index is 0.126. The molecule has 2 aliphatic heterocycles. The molecule has 1 unspecified atom stereocenters. The van der Waals surface area contributed by atoms with Crippen LogP contribution in [0.1, 0.15) is 60.7 Å². The van der Waals surface area contributed by atoms with Crippen LogP contribution >= 0.6 is 0 Å². The van der Waals surface area contributed by atoms with Gasteiger partial charge >= 0.3 is 0 Å². The van der Waals surface area contributed by atoms with Crippen LogP contribution in [0.5, 0.6) is 5.75 Å². The molecule has 0 bridgehead atoms. The Morgan fingerprint density at radius 1 is 1.19 bits per heavy atom. The molecule has 3 fully saturated rings. The molecule has 8 heteroatoms. The first-order valence-corrected chi connectivity index (χ1v) is 11.6. The number of carbonyl (C=O) groups is 1. The second-order valence-corrected chi connectivity index (χ2v) is 9.19. The van der Waals surface area contributed by atoms with Crippen molar-refractivity contribution in [3.63, 3.8) is 0 Å². The van der Waals surface area contributed by atoms with Crippen LogP contribution in [0.15, 0.2) is 30.5 Å². The van der Waals surface area contributed by atoms with E-state index in [4.69, 9.17) is 4.74 Å². The van der Waals surface area contributed by atoms with Crippen molar-refractivity contribution in [3.05, 3.63) is 41.7 Å². The molecule has 2 aromatic rings. The summed E-state index contributed by atoms with van der Waals surface area (Å²) in [5.41, 5.74) is 1.69.